The van der Waals surface area contributed by atoms with Gasteiger partial charge in [-0.15, -0.1) is 0 Å². The van der Waals surface area contributed by atoms with Crippen LogP contribution in [0.5, 0.6) is 0 Å². The molecule has 2 rings (SSSR count). The van der Waals surface area contributed by atoms with Crippen LogP contribution < -0.4 is 15.6 Å². The summed E-state index contributed by atoms with van der Waals surface area (Å²) < 4.78 is 0. The van der Waals surface area contributed by atoms with Gasteiger partial charge in [0.1, 0.15) is 0 Å². The van der Waals surface area contributed by atoms with Gasteiger partial charge in [0.05, 0.1) is 6.21 Å². The van der Waals surface area contributed by atoms with Crippen molar-refractivity contribution in [3.63, 3.8) is 0 Å². The fourth-order valence-corrected chi connectivity index (χ4v) is 2.69. The average Bonchev–Trinajstić information content (AvgIpc) is 2.63. The highest BCUT2D eigenvalue weighted by atomic mass is 32.1. The Bertz CT molecular complexity index is 753. The van der Waals surface area contributed by atoms with Gasteiger partial charge in [-0.25, -0.2) is 0 Å². The third kappa shape index (κ3) is 6.15. The second kappa shape index (κ2) is 9.92. The van der Waals surface area contributed by atoms with Crippen LogP contribution in [0.2, 0.25) is 0 Å². The van der Waals surface area contributed by atoms with Gasteiger partial charge in [0.25, 0.3) is 0 Å². The first-order chi connectivity index (χ1) is 12.5. The highest BCUT2D eigenvalue weighted by Gasteiger charge is 2.01. The zero-order chi connectivity index (χ0) is 18.9. The molecule has 0 aliphatic heterocycles. The molecule has 0 aromatic heterocycles. The van der Waals surface area contributed by atoms with Crippen molar-refractivity contribution in [3.05, 3.63) is 59.2 Å². The Kier molecular flexibility index (Phi) is 7.60. The minimum atomic E-state index is 0.478. The molecule has 0 heterocycles. The third-order valence-electron chi connectivity index (χ3n) is 4.20. The van der Waals surface area contributed by atoms with E-state index in [9.17, 15) is 0 Å². The van der Waals surface area contributed by atoms with Crippen LogP contribution in [0.15, 0.2) is 47.6 Å². The molecule has 0 bridgehead atoms. The minimum Gasteiger partial charge on any atom is -0.375 e. The summed E-state index contributed by atoms with van der Waals surface area (Å²) in [5.74, 6) is 0. The monoisotopic (exact) mass is 368 g/mol. The summed E-state index contributed by atoms with van der Waals surface area (Å²) >= 11 is 5.31. The van der Waals surface area contributed by atoms with Crippen LogP contribution in [0.3, 0.4) is 0 Å². The number of nitrogens with zero attached hydrogens (tertiary/aromatic N) is 2. The average molecular weight is 369 g/mol. The molecular weight excluding hydrogens is 340 g/mol. The summed E-state index contributed by atoms with van der Waals surface area (Å²) in [7, 11) is 2.12. The van der Waals surface area contributed by atoms with Crippen LogP contribution in [0, 0.1) is 13.8 Å². The Morgan fingerprint density at radius 1 is 1.15 bits per heavy atom. The van der Waals surface area contributed by atoms with E-state index in [2.05, 4.69) is 84.1 Å². The molecule has 2 N–H and O–H groups in total. The summed E-state index contributed by atoms with van der Waals surface area (Å²) in [6.45, 7) is 7.39. The van der Waals surface area contributed by atoms with E-state index >= 15 is 0 Å². The van der Waals surface area contributed by atoms with Gasteiger partial charge < -0.3 is 10.2 Å². The molecule has 0 saturated heterocycles. The van der Waals surface area contributed by atoms with Gasteiger partial charge in [-0.1, -0.05) is 37.6 Å². The Morgan fingerprint density at radius 2 is 1.88 bits per heavy atom. The maximum absolute atomic E-state index is 5.31. The van der Waals surface area contributed by atoms with Gasteiger partial charge in [0.15, 0.2) is 5.11 Å². The molecule has 0 radical (unpaired) electrons. The Hall–Kier alpha value is -2.40. The topological polar surface area (TPSA) is 39.7 Å². The number of hydrogen-bond acceptors (Lipinski definition) is 3. The molecule has 0 saturated carbocycles. The third-order valence-corrected chi connectivity index (χ3v) is 4.40. The largest absolute Gasteiger partial charge is 0.375 e. The highest BCUT2D eigenvalue weighted by Crippen LogP contribution is 2.16. The molecular formula is C21H28N4S. The first-order valence-corrected chi connectivity index (χ1v) is 9.39. The first kappa shape index (κ1) is 19.9. The highest BCUT2D eigenvalue weighted by molar-refractivity contribution is 7.80. The predicted octanol–water partition coefficient (Wildman–Crippen LogP) is 4.86. The SMILES string of the molecule is CCCCN(C)c1ccc(C=NNC(=S)Nc2cc(C)ccc2C)cc1. The maximum Gasteiger partial charge on any atom is 0.191 e. The fraction of sp³-hybridized carbons (Fsp3) is 0.333. The Morgan fingerprint density at radius 3 is 2.58 bits per heavy atom. The molecule has 0 spiro atoms. The lowest BCUT2D eigenvalue weighted by Crippen LogP contribution is -2.24. The van der Waals surface area contributed by atoms with Crippen LogP contribution in [0.25, 0.3) is 0 Å². The van der Waals surface area contributed by atoms with Crippen molar-refractivity contribution in [2.24, 2.45) is 5.10 Å². The second-order valence-electron chi connectivity index (χ2n) is 6.51. The molecule has 2 aromatic rings. The second-order valence-corrected chi connectivity index (χ2v) is 6.92. The number of unbranched alkanes of at least 4 members (excludes halogenated alkanes) is 1. The van der Waals surface area contributed by atoms with E-state index < -0.39 is 0 Å². The Labute approximate surface area is 162 Å². The van der Waals surface area contributed by atoms with Crippen LogP contribution in [0.4, 0.5) is 11.4 Å². The van der Waals surface area contributed by atoms with Gasteiger partial charge in [0, 0.05) is 25.0 Å². The first-order valence-electron chi connectivity index (χ1n) is 8.98. The van der Waals surface area contributed by atoms with Crippen molar-refractivity contribution in [1.82, 2.24) is 5.43 Å². The van der Waals surface area contributed by atoms with Crippen molar-refractivity contribution in [1.29, 1.82) is 0 Å². The molecule has 4 nitrogen and oxygen atoms in total. The maximum atomic E-state index is 5.31. The molecule has 2 aromatic carbocycles. The van der Waals surface area contributed by atoms with Crippen LogP contribution in [-0.2, 0) is 0 Å². The quantitative estimate of drug-likeness (QED) is 0.416. The van der Waals surface area contributed by atoms with E-state index in [4.69, 9.17) is 12.2 Å². The van der Waals surface area contributed by atoms with Crippen LogP contribution in [-0.4, -0.2) is 24.9 Å². The smallest absolute Gasteiger partial charge is 0.191 e. The van der Waals surface area contributed by atoms with E-state index in [1.165, 1.54) is 24.1 Å². The number of aryl methyl sites for hydroxylation is 2. The van der Waals surface area contributed by atoms with E-state index in [1.54, 1.807) is 6.21 Å². The van der Waals surface area contributed by atoms with Crippen molar-refractivity contribution >= 4 is 34.9 Å². The van der Waals surface area contributed by atoms with Crippen molar-refractivity contribution in [2.75, 3.05) is 23.8 Å². The minimum absolute atomic E-state index is 0.478. The molecule has 0 fully saturated rings. The Balaban J connectivity index is 1.87. The summed E-state index contributed by atoms with van der Waals surface area (Å²) in [4.78, 5) is 2.27. The van der Waals surface area contributed by atoms with Gasteiger partial charge >= 0.3 is 0 Å². The number of anilines is 2. The molecule has 26 heavy (non-hydrogen) atoms. The summed E-state index contributed by atoms with van der Waals surface area (Å²) in [6, 6.07) is 14.6. The van der Waals surface area contributed by atoms with E-state index in [1.807, 2.05) is 6.92 Å². The number of rotatable bonds is 7. The van der Waals surface area contributed by atoms with Gasteiger partial charge in [-0.2, -0.15) is 5.10 Å². The van der Waals surface area contributed by atoms with Gasteiger partial charge in [0.2, 0.25) is 0 Å². The zero-order valence-corrected chi connectivity index (χ0v) is 16.9. The standard InChI is InChI=1S/C21H28N4S/c1-5-6-13-25(4)19-11-9-18(10-12-19)15-22-24-21(26)23-20-14-16(2)7-8-17(20)3/h7-12,14-15H,5-6,13H2,1-4H3,(H2,23,24,26). The number of nitrogens with one attached hydrogen (secondary N) is 2. The summed E-state index contributed by atoms with van der Waals surface area (Å²) in [5.41, 5.74) is 8.45. The van der Waals surface area contributed by atoms with Crippen LogP contribution in [0.1, 0.15) is 36.5 Å². The number of hydrazone groups is 1. The normalized spacial score (nSPS) is 10.8. The van der Waals surface area contributed by atoms with E-state index in [0.717, 1.165) is 23.4 Å². The lowest BCUT2D eigenvalue weighted by molar-refractivity contribution is 0.767. The lowest BCUT2D eigenvalue weighted by atomic mass is 10.1. The van der Waals surface area contributed by atoms with Crippen molar-refractivity contribution in [2.45, 2.75) is 33.6 Å². The summed E-state index contributed by atoms with van der Waals surface area (Å²) in [6.07, 6.45) is 4.18. The molecule has 0 atom stereocenters. The predicted molar refractivity (Wildman–Crippen MR) is 117 cm³/mol. The van der Waals surface area contributed by atoms with Crippen molar-refractivity contribution < 1.29 is 0 Å². The van der Waals surface area contributed by atoms with Crippen LogP contribution >= 0.6 is 12.2 Å². The summed E-state index contributed by atoms with van der Waals surface area (Å²) in [5, 5.41) is 7.88. The number of thiocarbonyl (C=S) groups is 1. The molecule has 0 aliphatic carbocycles. The van der Waals surface area contributed by atoms with Crippen molar-refractivity contribution in [3.8, 4) is 0 Å². The van der Waals surface area contributed by atoms with Gasteiger partial charge in [-0.05, 0) is 67.4 Å². The van der Waals surface area contributed by atoms with Gasteiger partial charge in [-0.3, -0.25) is 5.43 Å². The molecule has 0 aliphatic rings. The van der Waals surface area contributed by atoms with E-state index in [-0.39, 0.29) is 0 Å². The molecule has 138 valence electrons. The van der Waals surface area contributed by atoms with E-state index in [0.29, 0.717) is 5.11 Å². The molecule has 5 heteroatoms. The lowest BCUT2D eigenvalue weighted by Gasteiger charge is -2.18. The zero-order valence-electron chi connectivity index (χ0n) is 16.0. The fourth-order valence-electron chi connectivity index (χ4n) is 2.53. The molecule has 0 unspecified atom stereocenters. The number of benzene rings is 2. The number of hydrogen-bond donors (Lipinski definition) is 2. The molecule has 0 amide bonds.